The summed E-state index contributed by atoms with van der Waals surface area (Å²) in [6.07, 6.45) is 4.56. The van der Waals surface area contributed by atoms with Crippen LogP contribution < -0.4 is 5.32 Å². The molecule has 1 saturated heterocycles. The molecule has 2 amide bonds. The highest BCUT2D eigenvalue weighted by atomic mass is 16.6. The molecule has 0 unspecified atom stereocenters. The van der Waals surface area contributed by atoms with Gasteiger partial charge in [0.25, 0.3) is 5.91 Å². The largest absolute Gasteiger partial charge is 0.444 e. The number of nitrogens with one attached hydrogen (secondary N) is 1. The van der Waals surface area contributed by atoms with Gasteiger partial charge in [0, 0.05) is 24.7 Å². The van der Waals surface area contributed by atoms with Gasteiger partial charge in [-0.25, -0.2) is 9.78 Å². The third kappa shape index (κ3) is 5.47. The number of imidazole rings is 1. The minimum atomic E-state index is -0.490. The van der Waals surface area contributed by atoms with Crippen LogP contribution in [0.5, 0.6) is 0 Å². The normalized spacial score (nSPS) is 16.6. The van der Waals surface area contributed by atoms with Crippen LogP contribution in [0.2, 0.25) is 0 Å². The maximum atomic E-state index is 12.5. The molecule has 7 nitrogen and oxygen atoms in total. The van der Waals surface area contributed by atoms with Gasteiger partial charge in [-0.2, -0.15) is 0 Å². The van der Waals surface area contributed by atoms with Crippen LogP contribution in [-0.4, -0.2) is 50.7 Å². The number of ether oxygens (including phenoxy) is 1. The lowest BCUT2D eigenvalue weighted by atomic mass is 10.0. The minimum Gasteiger partial charge on any atom is -0.444 e. The van der Waals surface area contributed by atoms with Gasteiger partial charge in [-0.1, -0.05) is 0 Å². The Morgan fingerprint density at radius 2 is 1.76 bits per heavy atom. The molecule has 2 heterocycles. The maximum absolute atomic E-state index is 12.5. The van der Waals surface area contributed by atoms with Crippen LogP contribution in [0.25, 0.3) is 0 Å². The Labute approximate surface area is 149 Å². The zero-order valence-electron chi connectivity index (χ0n) is 16.1. The molecule has 25 heavy (non-hydrogen) atoms. The number of amides is 2. The number of carbonyl (C=O) groups is 2. The van der Waals surface area contributed by atoms with Crippen LogP contribution in [0.3, 0.4) is 0 Å². The molecule has 7 heteroatoms. The molecule has 0 bridgehead atoms. The molecule has 0 aromatic carbocycles. The third-order valence-electron chi connectivity index (χ3n) is 3.90. The molecule has 0 spiro atoms. The van der Waals surface area contributed by atoms with Crippen molar-refractivity contribution in [3.63, 3.8) is 0 Å². The highest BCUT2D eigenvalue weighted by Crippen LogP contribution is 2.25. The van der Waals surface area contributed by atoms with E-state index >= 15 is 0 Å². The van der Waals surface area contributed by atoms with E-state index in [-0.39, 0.29) is 23.6 Å². The highest BCUT2D eigenvalue weighted by Gasteiger charge is 2.29. The Balaban J connectivity index is 1.99. The second-order valence-corrected chi connectivity index (χ2v) is 8.59. The van der Waals surface area contributed by atoms with E-state index in [4.69, 9.17) is 4.74 Å². The van der Waals surface area contributed by atoms with E-state index in [1.165, 1.54) is 0 Å². The van der Waals surface area contributed by atoms with E-state index in [0.717, 1.165) is 12.8 Å². The van der Waals surface area contributed by atoms with Crippen LogP contribution in [0.4, 0.5) is 4.79 Å². The average Bonchev–Trinajstić information content (AvgIpc) is 2.93. The van der Waals surface area contributed by atoms with Gasteiger partial charge in [0.05, 0.1) is 12.5 Å². The van der Waals surface area contributed by atoms with Gasteiger partial charge in [0.1, 0.15) is 11.3 Å². The molecule has 0 atom stereocenters. The lowest BCUT2D eigenvalue weighted by Crippen LogP contribution is -2.43. The van der Waals surface area contributed by atoms with Gasteiger partial charge >= 0.3 is 6.09 Å². The standard InChI is InChI=1S/C18H30N4O3/c1-17(2,3)20-15(23)14-11-19-12-22(14)13-7-9-21(10-8-13)16(24)25-18(4,5)6/h11-13H,7-10H2,1-6H3,(H,20,23). The van der Waals surface area contributed by atoms with E-state index in [2.05, 4.69) is 10.3 Å². The van der Waals surface area contributed by atoms with Gasteiger partial charge in [-0.3, -0.25) is 4.79 Å². The van der Waals surface area contributed by atoms with Crippen molar-refractivity contribution in [3.05, 3.63) is 18.2 Å². The van der Waals surface area contributed by atoms with Crippen molar-refractivity contribution in [1.82, 2.24) is 19.8 Å². The molecule has 1 aromatic rings. The molecule has 1 fully saturated rings. The molecule has 0 aliphatic carbocycles. The summed E-state index contributed by atoms with van der Waals surface area (Å²) in [4.78, 5) is 30.5. The number of piperidine rings is 1. The summed E-state index contributed by atoms with van der Waals surface area (Å²) >= 11 is 0. The Morgan fingerprint density at radius 3 is 2.28 bits per heavy atom. The zero-order chi connectivity index (χ0) is 18.8. The third-order valence-corrected chi connectivity index (χ3v) is 3.90. The fourth-order valence-electron chi connectivity index (χ4n) is 2.83. The number of aromatic nitrogens is 2. The topological polar surface area (TPSA) is 76.5 Å². The van der Waals surface area contributed by atoms with E-state index in [1.807, 2.05) is 46.1 Å². The van der Waals surface area contributed by atoms with Crippen molar-refractivity contribution in [2.24, 2.45) is 0 Å². The quantitative estimate of drug-likeness (QED) is 0.889. The first kappa shape index (κ1) is 19.3. The summed E-state index contributed by atoms with van der Waals surface area (Å²) in [6.45, 7) is 12.7. The van der Waals surface area contributed by atoms with Crippen LogP contribution in [0, 0.1) is 0 Å². The molecule has 1 aliphatic rings. The van der Waals surface area contributed by atoms with Gasteiger partial charge in [0.2, 0.25) is 0 Å². The average molecular weight is 350 g/mol. The number of hydrogen-bond acceptors (Lipinski definition) is 4. The monoisotopic (exact) mass is 350 g/mol. The molecule has 1 N–H and O–H groups in total. The summed E-state index contributed by atoms with van der Waals surface area (Å²) < 4.78 is 7.35. The molecule has 0 saturated carbocycles. The first-order chi connectivity index (χ1) is 11.5. The van der Waals surface area contributed by atoms with E-state index in [1.54, 1.807) is 17.4 Å². The SMILES string of the molecule is CC(C)(C)NC(=O)c1cncn1C1CCN(C(=O)OC(C)(C)C)CC1. The van der Waals surface area contributed by atoms with Gasteiger partial charge in [-0.05, 0) is 54.4 Å². The molecule has 1 aliphatic heterocycles. The van der Waals surface area contributed by atoms with Crippen LogP contribution >= 0.6 is 0 Å². The van der Waals surface area contributed by atoms with Crippen molar-refractivity contribution >= 4 is 12.0 Å². The van der Waals surface area contributed by atoms with Gasteiger partial charge in [-0.15, -0.1) is 0 Å². The van der Waals surface area contributed by atoms with Crippen molar-refractivity contribution in [3.8, 4) is 0 Å². The summed E-state index contributed by atoms with van der Waals surface area (Å²) in [5.41, 5.74) is -0.228. The van der Waals surface area contributed by atoms with Gasteiger partial charge < -0.3 is 19.5 Å². The maximum Gasteiger partial charge on any atom is 0.410 e. The predicted octanol–water partition coefficient (Wildman–Crippen LogP) is 2.98. The van der Waals surface area contributed by atoms with Crippen LogP contribution in [-0.2, 0) is 4.74 Å². The molecule has 140 valence electrons. The van der Waals surface area contributed by atoms with Crippen molar-refractivity contribution in [2.45, 2.75) is 71.6 Å². The van der Waals surface area contributed by atoms with Gasteiger partial charge in [0.15, 0.2) is 0 Å². The Bertz CT molecular complexity index is 617. The van der Waals surface area contributed by atoms with Crippen molar-refractivity contribution in [1.29, 1.82) is 0 Å². The Kier molecular flexibility index (Phi) is 5.44. The lowest BCUT2D eigenvalue weighted by molar-refractivity contribution is 0.0187. The molecular weight excluding hydrogens is 320 g/mol. The summed E-state index contributed by atoms with van der Waals surface area (Å²) in [7, 11) is 0. The molecular formula is C18H30N4O3. The number of nitrogens with zero attached hydrogens (tertiary/aromatic N) is 3. The lowest BCUT2D eigenvalue weighted by Gasteiger charge is -2.34. The fraction of sp³-hybridized carbons (Fsp3) is 0.722. The predicted molar refractivity (Wildman–Crippen MR) is 95.5 cm³/mol. The number of carbonyl (C=O) groups excluding carboxylic acids is 2. The summed E-state index contributed by atoms with van der Waals surface area (Å²) in [6, 6.07) is 0.155. The summed E-state index contributed by atoms with van der Waals surface area (Å²) in [5, 5.41) is 2.97. The first-order valence-electron chi connectivity index (χ1n) is 8.78. The zero-order valence-corrected chi connectivity index (χ0v) is 16.1. The minimum absolute atomic E-state index is 0.125. The second kappa shape index (κ2) is 7.06. The number of rotatable bonds is 2. The van der Waals surface area contributed by atoms with E-state index in [0.29, 0.717) is 18.8 Å². The molecule has 1 aromatic heterocycles. The van der Waals surface area contributed by atoms with Crippen LogP contribution in [0.15, 0.2) is 12.5 Å². The van der Waals surface area contributed by atoms with E-state index in [9.17, 15) is 9.59 Å². The number of hydrogen-bond donors (Lipinski definition) is 1. The highest BCUT2D eigenvalue weighted by molar-refractivity contribution is 5.92. The smallest absolute Gasteiger partial charge is 0.410 e. The molecule has 2 rings (SSSR count). The fourth-order valence-corrected chi connectivity index (χ4v) is 2.83. The van der Waals surface area contributed by atoms with Crippen molar-refractivity contribution in [2.75, 3.05) is 13.1 Å². The van der Waals surface area contributed by atoms with Crippen molar-refractivity contribution < 1.29 is 14.3 Å². The first-order valence-corrected chi connectivity index (χ1v) is 8.78. The molecule has 0 radical (unpaired) electrons. The van der Waals surface area contributed by atoms with Crippen LogP contribution in [0.1, 0.15) is 70.9 Å². The summed E-state index contributed by atoms with van der Waals surface area (Å²) in [5.74, 6) is -0.125. The second-order valence-electron chi connectivity index (χ2n) is 8.59. The Morgan fingerprint density at radius 1 is 1.16 bits per heavy atom. The van der Waals surface area contributed by atoms with E-state index < -0.39 is 5.60 Å². The number of likely N-dealkylation sites (tertiary alicyclic amines) is 1. The Hall–Kier alpha value is -2.05.